The van der Waals surface area contributed by atoms with Gasteiger partial charge in [0.05, 0.1) is 12.4 Å². The van der Waals surface area contributed by atoms with Gasteiger partial charge in [-0.25, -0.2) is 4.39 Å². The van der Waals surface area contributed by atoms with E-state index in [0.717, 1.165) is 22.6 Å². The van der Waals surface area contributed by atoms with Crippen LogP contribution in [0.25, 0.3) is 17.1 Å². The highest BCUT2D eigenvalue weighted by Gasteiger charge is 2.24. The maximum Gasteiger partial charge on any atom is 0.235 e. The van der Waals surface area contributed by atoms with Gasteiger partial charge in [0, 0.05) is 24.8 Å². The first-order valence-corrected chi connectivity index (χ1v) is 11.7. The lowest BCUT2D eigenvalue weighted by Crippen LogP contribution is -2.33. The number of benzene rings is 3. The molecule has 4 aromatic rings. The number of amides is 1. The van der Waals surface area contributed by atoms with Gasteiger partial charge < -0.3 is 9.64 Å². The Bertz CT molecular complexity index is 1280. The number of para-hydroxylation sites is 1. The summed E-state index contributed by atoms with van der Waals surface area (Å²) in [6.45, 7) is 2.16. The number of hydrogen-bond donors (Lipinski definition) is 0. The molecule has 0 N–H and O–H groups in total. The molecular formula is C26H25FN4O2S. The van der Waals surface area contributed by atoms with E-state index in [9.17, 15) is 9.18 Å². The van der Waals surface area contributed by atoms with Gasteiger partial charge in [0.15, 0.2) is 11.0 Å². The van der Waals surface area contributed by atoms with Gasteiger partial charge in [-0.15, -0.1) is 10.2 Å². The highest BCUT2D eigenvalue weighted by Crippen LogP contribution is 2.32. The van der Waals surface area contributed by atoms with E-state index in [0.29, 0.717) is 17.5 Å². The minimum atomic E-state index is -0.427. The zero-order valence-electron chi connectivity index (χ0n) is 19.2. The van der Waals surface area contributed by atoms with Gasteiger partial charge in [-0.1, -0.05) is 54.2 Å². The molecule has 34 heavy (non-hydrogen) atoms. The SMILES string of the molecule is COc1cccc(-c2nnc(S[C@@H](C)C(=O)N(C)Cc3cccc(F)c3)n2-c2ccccc2)c1. The second-order valence-corrected chi connectivity index (χ2v) is 9.10. The third kappa shape index (κ3) is 5.28. The van der Waals surface area contributed by atoms with Crippen LogP contribution in [0.3, 0.4) is 0 Å². The van der Waals surface area contributed by atoms with E-state index in [1.807, 2.05) is 66.1 Å². The second-order valence-electron chi connectivity index (χ2n) is 7.79. The van der Waals surface area contributed by atoms with Crippen LogP contribution < -0.4 is 4.74 Å². The van der Waals surface area contributed by atoms with Crippen molar-refractivity contribution in [2.45, 2.75) is 23.9 Å². The highest BCUT2D eigenvalue weighted by atomic mass is 32.2. The molecule has 0 bridgehead atoms. The molecule has 1 amide bonds. The lowest BCUT2D eigenvalue weighted by atomic mass is 10.2. The Balaban J connectivity index is 1.61. The van der Waals surface area contributed by atoms with E-state index in [1.165, 1.54) is 23.9 Å². The predicted octanol–water partition coefficient (Wildman–Crippen LogP) is 5.22. The number of halogens is 1. The summed E-state index contributed by atoms with van der Waals surface area (Å²) in [6.07, 6.45) is 0. The van der Waals surface area contributed by atoms with Crippen molar-refractivity contribution in [3.05, 3.63) is 90.2 Å². The van der Waals surface area contributed by atoms with Gasteiger partial charge in [-0.05, 0) is 48.9 Å². The Morgan fingerprint density at radius 3 is 2.56 bits per heavy atom. The molecule has 0 saturated carbocycles. The van der Waals surface area contributed by atoms with Gasteiger partial charge in [-0.3, -0.25) is 9.36 Å². The summed E-state index contributed by atoms with van der Waals surface area (Å²) in [7, 11) is 3.34. The molecule has 0 unspecified atom stereocenters. The Kier molecular flexibility index (Phi) is 7.27. The van der Waals surface area contributed by atoms with Crippen molar-refractivity contribution in [3.8, 4) is 22.8 Å². The topological polar surface area (TPSA) is 60.3 Å². The maximum atomic E-state index is 13.5. The zero-order valence-corrected chi connectivity index (χ0v) is 20.0. The third-order valence-corrected chi connectivity index (χ3v) is 6.32. The van der Waals surface area contributed by atoms with Gasteiger partial charge >= 0.3 is 0 Å². The van der Waals surface area contributed by atoms with Crippen molar-refractivity contribution in [2.75, 3.05) is 14.2 Å². The Morgan fingerprint density at radius 2 is 1.82 bits per heavy atom. The van der Waals surface area contributed by atoms with Gasteiger partial charge in [0.2, 0.25) is 5.91 Å². The smallest absolute Gasteiger partial charge is 0.235 e. The molecule has 6 nitrogen and oxygen atoms in total. The fourth-order valence-corrected chi connectivity index (χ4v) is 4.59. The molecule has 0 fully saturated rings. The van der Waals surface area contributed by atoms with E-state index in [2.05, 4.69) is 10.2 Å². The molecule has 8 heteroatoms. The molecular weight excluding hydrogens is 451 g/mol. The minimum Gasteiger partial charge on any atom is -0.497 e. The number of nitrogens with zero attached hydrogens (tertiary/aromatic N) is 4. The number of aromatic nitrogens is 3. The van der Waals surface area contributed by atoms with Crippen LogP contribution in [0.2, 0.25) is 0 Å². The van der Waals surface area contributed by atoms with Crippen LogP contribution in [0.15, 0.2) is 84.0 Å². The fraction of sp³-hybridized carbons (Fsp3) is 0.192. The first-order chi connectivity index (χ1) is 16.5. The van der Waals surface area contributed by atoms with Crippen LogP contribution in [0, 0.1) is 5.82 Å². The number of ether oxygens (including phenoxy) is 1. The molecule has 1 atom stereocenters. The molecule has 4 rings (SSSR count). The zero-order chi connectivity index (χ0) is 24.1. The van der Waals surface area contributed by atoms with Crippen molar-refractivity contribution < 1.29 is 13.9 Å². The highest BCUT2D eigenvalue weighted by molar-refractivity contribution is 8.00. The third-order valence-electron chi connectivity index (χ3n) is 5.29. The summed E-state index contributed by atoms with van der Waals surface area (Å²) in [5.74, 6) is 0.971. The fourth-order valence-electron chi connectivity index (χ4n) is 3.61. The summed E-state index contributed by atoms with van der Waals surface area (Å²) in [6, 6.07) is 23.7. The van der Waals surface area contributed by atoms with Crippen LogP contribution in [0.5, 0.6) is 5.75 Å². The molecule has 1 heterocycles. The van der Waals surface area contributed by atoms with Crippen molar-refractivity contribution in [1.82, 2.24) is 19.7 Å². The van der Waals surface area contributed by atoms with Crippen molar-refractivity contribution in [3.63, 3.8) is 0 Å². The summed E-state index contributed by atoms with van der Waals surface area (Å²) in [5.41, 5.74) is 2.48. The van der Waals surface area contributed by atoms with Crippen LogP contribution in [0.1, 0.15) is 12.5 Å². The van der Waals surface area contributed by atoms with Crippen LogP contribution in [-0.2, 0) is 11.3 Å². The lowest BCUT2D eigenvalue weighted by Gasteiger charge is -2.21. The standard InChI is InChI=1S/C26H25FN4O2S/c1-18(25(32)30(2)17-19-9-7-11-21(27)15-19)34-26-29-28-24(20-10-8-14-23(16-20)33-3)31(26)22-12-5-4-6-13-22/h4-16,18H,17H2,1-3H3/t18-/m0/s1. The number of methoxy groups -OCH3 is 1. The van der Waals surface area contributed by atoms with Gasteiger partial charge in [-0.2, -0.15) is 0 Å². The van der Waals surface area contributed by atoms with E-state index in [1.54, 1.807) is 31.2 Å². The summed E-state index contributed by atoms with van der Waals surface area (Å²) in [5, 5.41) is 9.03. The molecule has 0 spiro atoms. The van der Waals surface area contributed by atoms with Crippen molar-refractivity contribution in [2.24, 2.45) is 0 Å². The number of rotatable bonds is 8. The number of thioether (sulfide) groups is 1. The summed E-state index contributed by atoms with van der Waals surface area (Å²) < 4.78 is 20.8. The van der Waals surface area contributed by atoms with Crippen LogP contribution in [0.4, 0.5) is 4.39 Å². The first-order valence-electron chi connectivity index (χ1n) is 10.8. The summed E-state index contributed by atoms with van der Waals surface area (Å²) in [4.78, 5) is 14.7. The van der Waals surface area contributed by atoms with E-state index in [-0.39, 0.29) is 11.7 Å². The van der Waals surface area contributed by atoms with Crippen molar-refractivity contribution in [1.29, 1.82) is 0 Å². The van der Waals surface area contributed by atoms with Gasteiger partial charge in [0.25, 0.3) is 0 Å². The average molecular weight is 477 g/mol. The molecule has 0 saturated heterocycles. The Morgan fingerprint density at radius 1 is 1.06 bits per heavy atom. The predicted molar refractivity (Wildman–Crippen MR) is 132 cm³/mol. The lowest BCUT2D eigenvalue weighted by molar-refractivity contribution is -0.129. The normalized spacial score (nSPS) is 11.8. The molecule has 3 aromatic carbocycles. The average Bonchev–Trinajstić information content (AvgIpc) is 3.27. The molecule has 0 radical (unpaired) electrons. The minimum absolute atomic E-state index is 0.0835. The molecule has 0 aliphatic rings. The summed E-state index contributed by atoms with van der Waals surface area (Å²) >= 11 is 1.33. The van der Waals surface area contributed by atoms with Crippen molar-refractivity contribution >= 4 is 17.7 Å². The van der Waals surface area contributed by atoms with Crippen LogP contribution in [-0.4, -0.2) is 45.0 Å². The number of carbonyl (C=O) groups is 1. The second kappa shape index (κ2) is 10.5. The van der Waals surface area contributed by atoms with Crippen LogP contribution >= 0.6 is 11.8 Å². The van der Waals surface area contributed by atoms with E-state index in [4.69, 9.17) is 4.74 Å². The number of hydrogen-bond acceptors (Lipinski definition) is 5. The molecule has 0 aliphatic heterocycles. The Labute approximate surface area is 202 Å². The van der Waals surface area contributed by atoms with Gasteiger partial charge in [0.1, 0.15) is 11.6 Å². The first kappa shape index (κ1) is 23.5. The maximum absolute atomic E-state index is 13.5. The molecule has 1 aromatic heterocycles. The molecule has 174 valence electrons. The monoisotopic (exact) mass is 476 g/mol. The Hall–Kier alpha value is -3.65. The van der Waals surface area contributed by atoms with E-state index < -0.39 is 5.25 Å². The molecule has 0 aliphatic carbocycles. The number of carbonyl (C=O) groups excluding carboxylic acids is 1. The van der Waals surface area contributed by atoms with E-state index >= 15 is 0 Å². The quantitative estimate of drug-likeness (QED) is 0.326. The largest absolute Gasteiger partial charge is 0.497 e.